The summed E-state index contributed by atoms with van der Waals surface area (Å²) < 4.78 is 2.73. The zero-order valence-electron chi connectivity index (χ0n) is 16.8. The van der Waals surface area contributed by atoms with Gasteiger partial charge < -0.3 is 5.32 Å². The molecule has 0 saturated carbocycles. The molecule has 2 aromatic heterocycles. The molecule has 3 heterocycles. The van der Waals surface area contributed by atoms with Gasteiger partial charge in [0.1, 0.15) is 0 Å². The van der Waals surface area contributed by atoms with Gasteiger partial charge in [-0.05, 0) is 67.0 Å². The smallest absolute Gasteiger partial charge is 0.209 e. The standard InChI is InChI=1S/C21H26N6S2/c1-16-3-4-19(13-17(16)2)23-20-24-27(21(28)29-20)15-26-11-9-25(10-12-26)14-18-5-7-22-8-6-18/h3-8,13H,9-12,14-15H2,1-2H3,(H,23,24). The van der Waals surface area contributed by atoms with Crippen LogP contribution < -0.4 is 5.32 Å². The van der Waals surface area contributed by atoms with E-state index in [0.717, 1.165) is 54.2 Å². The van der Waals surface area contributed by atoms with Gasteiger partial charge in [-0.2, -0.15) is 0 Å². The first-order chi connectivity index (χ1) is 14.1. The van der Waals surface area contributed by atoms with Crippen molar-refractivity contribution in [1.29, 1.82) is 0 Å². The molecule has 1 aromatic carbocycles. The predicted octanol–water partition coefficient (Wildman–Crippen LogP) is 4.20. The Balaban J connectivity index is 1.32. The van der Waals surface area contributed by atoms with Crippen LogP contribution in [0.5, 0.6) is 0 Å². The Kier molecular flexibility index (Phi) is 6.34. The number of benzene rings is 1. The second kappa shape index (κ2) is 9.13. The lowest BCUT2D eigenvalue weighted by atomic mass is 10.1. The van der Waals surface area contributed by atoms with Crippen LogP contribution in [0.2, 0.25) is 0 Å². The molecule has 0 bridgehead atoms. The van der Waals surface area contributed by atoms with E-state index in [-0.39, 0.29) is 0 Å². The van der Waals surface area contributed by atoms with Crippen molar-refractivity contribution in [2.75, 3.05) is 31.5 Å². The third kappa shape index (κ3) is 5.27. The number of nitrogens with zero attached hydrogens (tertiary/aromatic N) is 5. The highest BCUT2D eigenvalue weighted by Gasteiger charge is 2.18. The lowest BCUT2D eigenvalue weighted by molar-refractivity contribution is 0.0985. The molecule has 152 valence electrons. The first-order valence-electron chi connectivity index (χ1n) is 9.83. The van der Waals surface area contributed by atoms with Crippen LogP contribution in [0.25, 0.3) is 0 Å². The molecule has 3 aromatic rings. The summed E-state index contributed by atoms with van der Waals surface area (Å²) in [5.74, 6) is 0. The molecule has 0 atom stereocenters. The first-order valence-corrected chi connectivity index (χ1v) is 11.0. The van der Waals surface area contributed by atoms with Gasteiger partial charge in [0.15, 0.2) is 3.95 Å². The summed E-state index contributed by atoms with van der Waals surface area (Å²) in [7, 11) is 0. The number of anilines is 2. The van der Waals surface area contributed by atoms with Gasteiger partial charge in [-0.15, -0.1) is 5.10 Å². The molecule has 4 rings (SSSR count). The van der Waals surface area contributed by atoms with E-state index >= 15 is 0 Å². The van der Waals surface area contributed by atoms with Crippen molar-refractivity contribution in [2.24, 2.45) is 0 Å². The summed E-state index contributed by atoms with van der Waals surface area (Å²) in [5, 5.41) is 8.93. The van der Waals surface area contributed by atoms with Crippen molar-refractivity contribution in [3.8, 4) is 0 Å². The SMILES string of the molecule is Cc1ccc(Nc2nn(CN3CCN(Cc4ccncc4)CC3)c(=S)s2)cc1C. The van der Waals surface area contributed by atoms with Crippen molar-refractivity contribution >= 4 is 34.4 Å². The number of aryl methyl sites for hydroxylation is 2. The van der Waals surface area contributed by atoms with Crippen molar-refractivity contribution in [1.82, 2.24) is 24.6 Å². The maximum atomic E-state index is 5.55. The minimum absolute atomic E-state index is 0.743. The van der Waals surface area contributed by atoms with Crippen LogP contribution >= 0.6 is 23.6 Å². The van der Waals surface area contributed by atoms with E-state index in [0.29, 0.717) is 0 Å². The number of rotatable bonds is 6. The summed E-state index contributed by atoms with van der Waals surface area (Å²) in [5.41, 5.74) is 4.92. The second-order valence-corrected chi connectivity index (χ2v) is 9.11. The van der Waals surface area contributed by atoms with E-state index in [9.17, 15) is 0 Å². The van der Waals surface area contributed by atoms with E-state index in [2.05, 4.69) is 64.3 Å². The maximum absolute atomic E-state index is 5.55. The van der Waals surface area contributed by atoms with E-state index < -0.39 is 0 Å². The molecule has 1 saturated heterocycles. The topological polar surface area (TPSA) is 49.2 Å². The van der Waals surface area contributed by atoms with Crippen molar-refractivity contribution < 1.29 is 0 Å². The van der Waals surface area contributed by atoms with Crippen LogP contribution in [-0.4, -0.2) is 50.7 Å². The first kappa shape index (κ1) is 20.2. The molecule has 1 aliphatic rings. The molecule has 1 N–H and O–H groups in total. The zero-order valence-corrected chi connectivity index (χ0v) is 18.5. The molecule has 29 heavy (non-hydrogen) atoms. The van der Waals surface area contributed by atoms with E-state index in [1.165, 1.54) is 28.0 Å². The van der Waals surface area contributed by atoms with Gasteiger partial charge in [0.25, 0.3) is 0 Å². The number of piperazine rings is 1. The fourth-order valence-electron chi connectivity index (χ4n) is 3.41. The van der Waals surface area contributed by atoms with Crippen LogP contribution in [0.3, 0.4) is 0 Å². The quantitative estimate of drug-likeness (QED) is 0.596. The van der Waals surface area contributed by atoms with Crippen molar-refractivity contribution in [3.05, 3.63) is 63.4 Å². The minimum atomic E-state index is 0.743. The van der Waals surface area contributed by atoms with Gasteiger partial charge in [0, 0.05) is 50.8 Å². The summed E-state index contributed by atoms with van der Waals surface area (Å²) in [6.07, 6.45) is 3.72. The molecular weight excluding hydrogens is 400 g/mol. The molecule has 0 amide bonds. The Labute approximate surface area is 180 Å². The highest BCUT2D eigenvalue weighted by molar-refractivity contribution is 7.73. The highest BCUT2D eigenvalue weighted by atomic mass is 32.1. The van der Waals surface area contributed by atoms with Gasteiger partial charge in [-0.1, -0.05) is 17.4 Å². The predicted molar refractivity (Wildman–Crippen MR) is 121 cm³/mol. The number of hydrogen-bond acceptors (Lipinski definition) is 7. The van der Waals surface area contributed by atoms with Gasteiger partial charge in [0.05, 0.1) is 6.67 Å². The highest BCUT2D eigenvalue weighted by Crippen LogP contribution is 2.22. The molecule has 0 spiro atoms. The lowest BCUT2D eigenvalue weighted by Crippen LogP contribution is -2.46. The monoisotopic (exact) mass is 426 g/mol. The lowest BCUT2D eigenvalue weighted by Gasteiger charge is -2.34. The molecule has 1 fully saturated rings. The summed E-state index contributed by atoms with van der Waals surface area (Å²) in [4.78, 5) is 8.99. The molecule has 8 heteroatoms. The number of nitrogens with one attached hydrogen (secondary N) is 1. The van der Waals surface area contributed by atoms with E-state index in [1.807, 2.05) is 17.1 Å². The molecule has 0 aliphatic carbocycles. The molecule has 6 nitrogen and oxygen atoms in total. The number of aromatic nitrogens is 3. The van der Waals surface area contributed by atoms with Crippen LogP contribution in [-0.2, 0) is 13.2 Å². The summed E-state index contributed by atoms with van der Waals surface area (Å²) in [6, 6.07) is 10.5. The Hall–Kier alpha value is -2.13. The average molecular weight is 427 g/mol. The number of hydrogen-bond donors (Lipinski definition) is 1. The second-order valence-electron chi connectivity index (χ2n) is 7.49. The van der Waals surface area contributed by atoms with Crippen LogP contribution in [0.4, 0.5) is 10.8 Å². The zero-order chi connectivity index (χ0) is 20.2. The van der Waals surface area contributed by atoms with Crippen LogP contribution in [0, 0.1) is 17.8 Å². The molecule has 1 aliphatic heterocycles. The molecule has 0 unspecified atom stereocenters. The maximum Gasteiger partial charge on any atom is 0.209 e. The van der Waals surface area contributed by atoms with Gasteiger partial charge in [-0.3, -0.25) is 14.8 Å². The Bertz CT molecular complexity index is 1010. The van der Waals surface area contributed by atoms with E-state index in [4.69, 9.17) is 17.3 Å². The van der Waals surface area contributed by atoms with Crippen molar-refractivity contribution in [2.45, 2.75) is 27.1 Å². The Morgan fingerprint density at radius 1 is 1.00 bits per heavy atom. The summed E-state index contributed by atoms with van der Waals surface area (Å²) in [6.45, 7) is 10.1. The van der Waals surface area contributed by atoms with Gasteiger partial charge >= 0.3 is 0 Å². The Morgan fingerprint density at radius 3 is 2.45 bits per heavy atom. The fourth-order valence-corrected chi connectivity index (χ4v) is 4.43. The summed E-state index contributed by atoms with van der Waals surface area (Å²) >= 11 is 7.07. The third-order valence-electron chi connectivity index (χ3n) is 5.32. The molecule has 0 radical (unpaired) electrons. The van der Waals surface area contributed by atoms with Crippen molar-refractivity contribution in [3.63, 3.8) is 0 Å². The van der Waals surface area contributed by atoms with E-state index in [1.54, 1.807) is 0 Å². The van der Waals surface area contributed by atoms with Crippen LogP contribution in [0.1, 0.15) is 16.7 Å². The minimum Gasteiger partial charge on any atom is -0.330 e. The van der Waals surface area contributed by atoms with Gasteiger partial charge in [-0.25, -0.2) is 4.68 Å². The molecular formula is C21H26N6S2. The fraction of sp³-hybridized carbons (Fsp3) is 0.381. The Morgan fingerprint density at radius 2 is 1.72 bits per heavy atom. The van der Waals surface area contributed by atoms with Gasteiger partial charge in [0.2, 0.25) is 5.13 Å². The normalized spacial score (nSPS) is 15.5. The number of pyridine rings is 1. The third-order valence-corrected chi connectivity index (χ3v) is 6.54. The van der Waals surface area contributed by atoms with Crippen LogP contribution in [0.15, 0.2) is 42.7 Å². The largest absolute Gasteiger partial charge is 0.330 e. The average Bonchev–Trinajstić information content (AvgIpc) is 3.06.